The number of carbonyl (C=O) groups excluding carboxylic acids is 1. The summed E-state index contributed by atoms with van der Waals surface area (Å²) >= 11 is 0. The highest BCUT2D eigenvalue weighted by atomic mass is 16.5. The fourth-order valence-electron chi connectivity index (χ4n) is 2.34. The summed E-state index contributed by atoms with van der Waals surface area (Å²) in [5, 5.41) is 6.00. The topological polar surface area (TPSA) is 76.4 Å². The van der Waals surface area contributed by atoms with E-state index in [4.69, 9.17) is 9.15 Å². The molecule has 0 spiro atoms. The second-order valence-corrected chi connectivity index (χ2v) is 5.98. The van der Waals surface area contributed by atoms with E-state index in [-0.39, 0.29) is 12.0 Å². The smallest absolute Gasteiger partial charge is 0.257 e. The van der Waals surface area contributed by atoms with Crippen LogP contribution in [-0.2, 0) is 6.54 Å². The van der Waals surface area contributed by atoms with Gasteiger partial charge in [-0.1, -0.05) is 12.1 Å². The van der Waals surface area contributed by atoms with Gasteiger partial charge in [0.2, 0.25) is 0 Å². The molecule has 3 rings (SSSR count). The Morgan fingerprint density at radius 2 is 2.00 bits per heavy atom. The molecule has 0 aliphatic rings. The third kappa shape index (κ3) is 4.63. The highest BCUT2D eigenvalue weighted by molar-refractivity contribution is 6.04. The third-order valence-corrected chi connectivity index (χ3v) is 3.55. The largest absolute Gasteiger partial charge is 0.489 e. The normalized spacial score (nSPS) is 10.6. The lowest BCUT2D eigenvalue weighted by Crippen LogP contribution is -2.15. The summed E-state index contributed by atoms with van der Waals surface area (Å²) in [4.78, 5) is 16.7. The fourth-order valence-corrected chi connectivity index (χ4v) is 2.34. The molecule has 0 bridgehead atoms. The van der Waals surface area contributed by atoms with E-state index in [1.807, 2.05) is 50.2 Å². The molecule has 134 valence electrons. The maximum Gasteiger partial charge on any atom is 0.257 e. The van der Waals surface area contributed by atoms with Crippen molar-refractivity contribution in [1.29, 1.82) is 0 Å². The van der Waals surface area contributed by atoms with Crippen molar-refractivity contribution < 1.29 is 13.9 Å². The van der Waals surface area contributed by atoms with E-state index in [2.05, 4.69) is 15.6 Å². The first-order valence-corrected chi connectivity index (χ1v) is 8.41. The van der Waals surface area contributed by atoms with Gasteiger partial charge in [0, 0.05) is 6.20 Å². The Labute approximate surface area is 152 Å². The second kappa shape index (κ2) is 8.20. The van der Waals surface area contributed by atoms with Crippen LogP contribution in [0.15, 0.2) is 65.4 Å². The fraction of sp³-hybridized carbons (Fsp3) is 0.200. The van der Waals surface area contributed by atoms with E-state index >= 15 is 0 Å². The number of para-hydroxylation sites is 2. The van der Waals surface area contributed by atoms with E-state index in [0.29, 0.717) is 29.4 Å². The van der Waals surface area contributed by atoms with Crippen LogP contribution in [0.3, 0.4) is 0 Å². The molecule has 6 nitrogen and oxygen atoms in total. The number of anilines is 2. The molecule has 2 heterocycles. The highest BCUT2D eigenvalue weighted by Gasteiger charge is 2.11. The number of nitrogens with zero attached hydrogens (tertiary/aromatic N) is 1. The number of nitrogens with one attached hydrogen (secondary N) is 2. The molecule has 6 heteroatoms. The van der Waals surface area contributed by atoms with Crippen molar-refractivity contribution in [3.8, 4) is 5.75 Å². The van der Waals surface area contributed by atoms with Crippen molar-refractivity contribution in [2.75, 3.05) is 10.6 Å². The number of amides is 1. The van der Waals surface area contributed by atoms with E-state index in [0.717, 1.165) is 5.76 Å². The molecule has 0 atom stereocenters. The second-order valence-electron chi connectivity index (χ2n) is 5.98. The monoisotopic (exact) mass is 351 g/mol. The Kier molecular flexibility index (Phi) is 5.53. The molecule has 2 aromatic heterocycles. The zero-order valence-corrected chi connectivity index (χ0v) is 14.7. The first kappa shape index (κ1) is 17.5. The van der Waals surface area contributed by atoms with Crippen LogP contribution < -0.4 is 15.4 Å². The maximum absolute atomic E-state index is 12.5. The summed E-state index contributed by atoms with van der Waals surface area (Å²) in [5.74, 6) is 1.88. The standard InChI is InChI=1S/C20H21N3O3/c1-14(2)26-18-8-4-3-7-17(18)23-20(24)15-9-10-19(21-12-15)22-13-16-6-5-11-25-16/h3-12,14H,13H2,1-2H3,(H,21,22)(H,23,24). The minimum absolute atomic E-state index is 0.0224. The summed E-state index contributed by atoms with van der Waals surface area (Å²) in [6.45, 7) is 4.42. The molecule has 0 saturated heterocycles. The van der Waals surface area contributed by atoms with Crippen molar-refractivity contribution in [3.63, 3.8) is 0 Å². The van der Waals surface area contributed by atoms with Gasteiger partial charge in [0.15, 0.2) is 0 Å². The average molecular weight is 351 g/mol. The number of aromatic nitrogens is 1. The van der Waals surface area contributed by atoms with Gasteiger partial charge in [0.25, 0.3) is 5.91 Å². The molecule has 0 aliphatic carbocycles. The highest BCUT2D eigenvalue weighted by Crippen LogP contribution is 2.25. The number of pyridine rings is 1. The summed E-state index contributed by atoms with van der Waals surface area (Å²) in [5.41, 5.74) is 1.10. The summed E-state index contributed by atoms with van der Waals surface area (Å²) in [6, 6.07) is 14.5. The SMILES string of the molecule is CC(C)Oc1ccccc1NC(=O)c1ccc(NCc2ccco2)nc1. The summed E-state index contributed by atoms with van der Waals surface area (Å²) in [7, 11) is 0. The van der Waals surface area contributed by atoms with Gasteiger partial charge in [-0.15, -0.1) is 0 Å². The van der Waals surface area contributed by atoms with Gasteiger partial charge in [0.05, 0.1) is 30.2 Å². The zero-order chi connectivity index (χ0) is 18.4. The van der Waals surface area contributed by atoms with Gasteiger partial charge in [-0.2, -0.15) is 0 Å². The zero-order valence-electron chi connectivity index (χ0n) is 14.7. The first-order valence-electron chi connectivity index (χ1n) is 8.41. The molecule has 0 saturated carbocycles. The van der Waals surface area contributed by atoms with E-state index < -0.39 is 0 Å². The quantitative estimate of drug-likeness (QED) is 0.663. The van der Waals surface area contributed by atoms with Gasteiger partial charge in [-0.25, -0.2) is 4.98 Å². The molecule has 0 radical (unpaired) electrons. The van der Waals surface area contributed by atoms with Crippen LogP contribution >= 0.6 is 0 Å². The molecule has 3 aromatic rings. The number of carbonyl (C=O) groups is 1. The number of ether oxygens (including phenoxy) is 1. The van der Waals surface area contributed by atoms with Crippen molar-refractivity contribution in [1.82, 2.24) is 4.98 Å². The maximum atomic E-state index is 12.5. The molecule has 0 aliphatic heterocycles. The molecule has 0 fully saturated rings. The van der Waals surface area contributed by atoms with Gasteiger partial charge >= 0.3 is 0 Å². The lowest BCUT2D eigenvalue weighted by molar-refractivity contribution is 0.102. The van der Waals surface area contributed by atoms with E-state index in [1.165, 1.54) is 6.20 Å². The minimum atomic E-state index is -0.241. The van der Waals surface area contributed by atoms with Crippen LogP contribution in [0.1, 0.15) is 30.0 Å². The Bertz CT molecular complexity index is 843. The molecule has 2 N–H and O–H groups in total. The Morgan fingerprint density at radius 3 is 2.69 bits per heavy atom. The van der Waals surface area contributed by atoms with Crippen LogP contribution in [0, 0.1) is 0 Å². The molecule has 1 aromatic carbocycles. The molecule has 26 heavy (non-hydrogen) atoms. The van der Waals surface area contributed by atoms with Gasteiger partial charge in [-0.3, -0.25) is 4.79 Å². The lowest BCUT2D eigenvalue weighted by Gasteiger charge is -2.14. The summed E-state index contributed by atoms with van der Waals surface area (Å²) < 4.78 is 11.0. The van der Waals surface area contributed by atoms with Gasteiger partial charge in [-0.05, 0) is 50.2 Å². The van der Waals surface area contributed by atoms with E-state index in [9.17, 15) is 4.79 Å². The van der Waals surface area contributed by atoms with Crippen LogP contribution in [-0.4, -0.2) is 17.0 Å². The van der Waals surface area contributed by atoms with Crippen molar-refractivity contribution >= 4 is 17.4 Å². The number of rotatable bonds is 7. The van der Waals surface area contributed by atoms with E-state index in [1.54, 1.807) is 18.4 Å². The average Bonchev–Trinajstić information content (AvgIpc) is 3.15. The molecule has 0 unspecified atom stereocenters. The molecular weight excluding hydrogens is 330 g/mol. The van der Waals surface area contributed by atoms with Crippen molar-refractivity contribution in [2.45, 2.75) is 26.5 Å². The number of hydrogen-bond donors (Lipinski definition) is 2. The molecule has 1 amide bonds. The predicted octanol–water partition coefficient (Wildman–Crippen LogP) is 4.33. The third-order valence-electron chi connectivity index (χ3n) is 3.55. The Hall–Kier alpha value is -3.28. The van der Waals surface area contributed by atoms with Crippen molar-refractivity contribution in [2.24, 2.45) is 0 Å². The Morgan fingerprint density at radius 1 is 1.15 bits per heavy atom. The van der Waals surface area contributed by atoms with Gasteiger partial charge in [0.1, 0.15) is 17.3 Å². The first-order chi connectivity index (χ1) is 12.6. The predicted molar refractivity (Wildman–Crippen MR) is 100 cm³/mol. The van der Waals surface area contributed by atoms with Crippen LogP contribution in [0.2, 0.25) is 0 Å². The van der Waals surface area contributed by atoms with Crippen LogP contribution in [0.5, 0.6) is 5.75 Å². The van der Waals surface area contributed by atoms with Gasteiger partial charge < -0.3 is 19.8 Å². The number of benzene rings is 1. The van der Waals surface area contributed by atoms with Crippen LogP contribution in [0.4, 0.5) is 11.5 Å². The van der Waals surface area contributed by atoms with Crippen molar-refractivity contribution in [3.05, 3.63) is 72.3 Å². The van der Waals surface area contributed by atoms with Crippen LogP contribution in [0.25, 0.3) is 0 Å². The lowest BCUT2D eigenvalue weighted by atomic mass is 10.2. The number of furan rings is 1. The minimum Gasteiger partial charge on any atom is -0.489 e. The molecular formula is C20H21N3O3. The Balaban J connectivity index is 1.63. The number of hydrogen-bond acceptors (Lipinski definition) is 5. The summed E-state index contributed by atoms with van der Waals surface area (Å²) in [6.07, 6.45) is 3.18.